The standard InChI is InChI=1S/C11H10FNO4/c1-17-10(14)11(4-5-11)7-2-3-8(12)9(6-7)13(15)16/h2-3,6H,4-5H2,1H3. The molecule has 6 heteroatoms. The molecule has 0 saturated heterocycles. The van der Waals surface area contributed by atoms with Crippen molar-refractivity contribution in [2.45, 2.75) is 18.3 Å². The number of nitro groups is 1. The minimum absolute atomic E-state index is 0.432. The second-order valence-corrected chi connectivity index (χ2v) is 4.00. The number of rotatable bonds is 3. The molecule has 1 saturated carbocycles. The Hall–Kier alpha value is -1.98. The molecule has 0 aliphatic heterocycles. The lowest BCUT2D eigenvalue weighted by molar-refractivity contribution is -0.387. The molecular weight excluding hydrogens is 229 g/mol. The van der Waals surface area contributed by atoms with Crippen molar-refractivity contribution in [3.63, 3.8) is 0 Å². The molecule has 1 aromatic carbocycles. The zero-order valence-electron chi connectivity index (χ0n) is 9.10. The van der Waals surface area contributed by atoms with E-state index in [1.54, 1.807) is 0 Å². The van der Waals surface area contributed by atoms with Crippen LogP contribution < -0.4 is 0 Å². The molecule has 0 spiro atoms. The van der Waals surface area contributed by atoms with Gasteiger partial charge in [0, 0.05) is 6.07 Å². The number of nitro benzene ring substituents is 1. The summed E-state index contributed by atoms with van der Waals surface area (Å²) in [7, 11) is 1.26. The Labute approximate surface area is 96.3 Å². The van der Waals surface area contributed by atoms with Gasteiger partial charge in [0.15, 0.2) is 0 Å². The molecule has 1 aliphatic carbocycles. The lowest BCUT2D eigenvalue weighted by atomic mass is 9.95. The van der Waals surface area contributed by atoms with Gasteiger partial charge in [-0.25, -0.2) is 0 Å². The van der Waals surface area contributed by atoms with Crippen LogP contribution in [-0.2, 0) is 14.9 Å². The van der Waals surface area contributed by atoms with Gasteiger partial charge in [0.05, 0.1) is 17.4 Å². The number of carbonyl (C=O) groups excluding carboxylic acids is 1. The van der Waals surface area contributed by atoms with Crippen molar-refractivity contribution in [3.8, 4) is 0 Å². The van der Waals surface area contributed by atoms with E-state index in [1.165, 1.54) is 13.2 Å². The zero-order chi connectivity index (χ0) is 12.6. The molecular formula is C11H10FNO4. The van der Waals surface area contributed by atoms with Crippen LogP contribution in [0.4, 0.5) is 10.1 Å². The van der Waals surface area contributed by atoms with Crippen molar-refractivity contribution in [2.75, 3.05) is 7.11 Å². The molecule has 0 bridgehead atoms. The van der Waals surface area contributed by atoms with Gasteiger partial charge in [0.1, 0.15) is 0 Å². The van der Waals surface area contributed by atoms with Crippen molar-refractivity contribution in [3.05, 3.63) is 39.7 Å². The van der Waals surface area contributed by atoms with Crippen LogP contribution in [-0.4, -0.2) is 18.0 Å². The first kappa shape index (κ1) is 11.5. The van der Waals surface area contributed by atoms with Crippen molar-refractivity contribution < 1.29 is 18.8 Å². The first-order chi connectivity index (χ1) is 8.01. The van der Waals surface area contributed by atoms with Gasteiger partial charge < -0.3 is 4.74 Å². The Morgan fingerprint density at radius 2 is 2.18 bits per heavy atom. The number of esters is 1. The second-order valence-electron chi connectivity index (χ2n) is 4.00. The molecule has 0 radical (unpaired) electrons. The molecule has 17 heavy (non-hydrogen) atoms. The Bertz CT molecular complexity index is 496. The topological polar surface area (TPSA) is 69.4 Å². The first-order valence-electron chi connectivity index (χ1n) is 5.04. The van der Waals surface area contributed by atoms with E-state index in [4.69, 9.17) is 0 Å². The summed E-state index contributed by atoms with van der Waals surface area (Å²) < 4.78 is 17.8. The van der Waals surface area contributed by atoms with Crippen LogP contribution in [0.3, 0.4) is 0 Å². The van der Waals surface area contributed by atoms with Gasteiger partial charge in [-0.1, -0.05) is 6.07 Å². The fraction of sp³-hybridized carbons (Fsp3) is 0.364. The van der Waals surface area contributed by atoms with Crippen LogP contribution in [0.15, 0.2) is 18.2 Å². The number of hydrogen-bond acceptors (Lipinski definition) is 4. The van der Waals surface area contributed by atoms with Gasteiger partial charge in [-0.05, 0) is 24.5 Å². The number of hydrogen-bond donors (Lipinski definition) is 0. The van der Waals surface area contributed by atoms with E-state index in [-0.39, 0.29) is 0 Å². The van der Waals surface area contributed by atoms with E-state index in [9.17, 15) is 19.3 Å². The minimum atomic E-state index is -0.903. The Morgan fingerprint density at radius 3 is 2.65 bits per heavy atom. The van der Waals surface area contributed by atoms with Crippen LogP contribution in [0.5, 0.6) is 0 Å². The van der Waals surface area contributed by atoms with E-state index in [2.05, 4.69) is 4.74 Å². The Kier molecular flexibility index (Phi) is 2.57. The summed E-state index contributed by atoms with van der Waals surface area (Å²) >= 11 is 0. The fourth-order valence-electron chi connectivity index (χ4n) is 1.88. The van der Waals surface area contributed by atoms with E-state index in [0.29, 0.717) is 18.4 Å². The highest BCUT2D eigenvalue weighted by Gasteiger charge is 2.53. The van der Waals surface area contributed by atoms with Crippen LogP contribution in [0.25, 0.3) is 0 Å². The summed E-state index contributed by atoms with van der Waals surface area (Å²) in [6, 6.07) is 3.52. The van der Waals surface area contributed by atoms with Gasteiger partial charge >= 0.3 is 11.7 Å². The molecule has 2 rings (SSSR count). The third-order valence-corrected chi connectivity index (χ3v) is 3.02. The third kappa shape index (κ3) is 1.75. The Balaban J connectivity index is 2.44. The summed E-state index contributed by atoms with van der Waals surface area (Å²) in [5.41, 5.74) is -0.983. The predicted molar refractivity (Wildman–Crippen MR) is 56.0 cm³/mol. The highest BCUT2D eigenvalue weighted by Crippen LogP contribution is 2.49. The van der Waals surface area contributed by atoms with Crippen molar-refractivity contribution >= 4 is 11.7 Å². The number of nitrogens with zero attached hydrogens (tertiary/aromatic N) is 1. The largest absolute Gasteiger partial charge is 0.468 e. The minimum Gasteiger partial charge on any atom is -0.468 e. The normalized spacial score (nSPS) is 16.4. The molecule has 0 amide bonds. The lowest BCUT2D eigenvalue weighted by Gasteiger charge is -2.12. The molecule has 0 heterocycles. The van der Waals surface area contributed by atoms with E-state index in [0.717, 1.165) is 12.1 Å². The SMILES string of the molecule is COC(=O)C1(c2ccc(F)c([N+](=O)[O-])c2)CC1. The first-order valence-corrected chi connectivity index (χ1v) is 5.04. The van der Waals surface area contributed by atoms with E-state index < -0.39 is 27.8 Å². The predicted octanol–water partition coefficient (Wildman–Crippen LogP) is 1.94. The molecule has 1 fully saturated rings. The third-order valence-electron chi connectivity index (χ3n) is 3.02. The molecule has 0 unspecified atom stereocenters. The summed E-state index contributed by atoms with van der Waals surface area (Å²) in [6.45, 7) is 0. The summed E-state index contributed by atoms with van der Waals surface area (Å²) in [6.07, 6.45) is 1.14. The van der Waals surface area contributed by atoms with Gasteiger partial charge in [0.2, 0.25) is 5.82 Å². The molecule has 0 aromatic heterocycles. The highest BCUT2D eigenvalue weighted by atomic mass is 19.1. The maximum Gasteiger partial charge on any atom is 0.316 e. The fourth-order valence-corrected chi connectivity index (χ4v) is 1.88. The smallest absolute Gasteiger partial charge is 0.316 e. The number of benzene rings is 1. The molecule has 5 nitrogen and oxygen atoms in total. The number of carbonyl (C=O) groups is 1. The summed E-state index contributed by atoms with van der Waals surface area (Å²) in [5.74, 6) is -1.34. The quantitative estimate of drug-likeness (QED) is 0.459. The van der Waals surface area contributed by atoms with Crippen LogP contribution in [0, 0.1) is 15.9 Å². The second kappa shape index (κ2) is 3.80. The average Bonchev–Trinajstić information content (AvgIpc) is 3.09. The van der Waals surface area contributed by atoms with E-state index >= 15 is 0 Å². The van der Waals surface area contributed by atoms with Crippen LogP contribution in [0.2, 0.25) is 0 Å². The maximum absolute atomic E-state index is 13.2. The van der Waals surface area contributed by atoms with Gasteiger partial charge in [-0.15, -0.1) is 0 Å². The maximum atomic E-state index is 13.2. The monoisotopic (exact) mass is 239 g/mol. The number of methoxy groups -OCH3 is 1. The molecule has 0 N–H and O–H groups in total. The van der Waals surface area contributed by atoms with Crippen molar-refractivity contribution in [1.29, 1.82) is 0 Å². The number of ether oxygens (including phenoxy) is 1. The number of halogens is 1. The molecule has 1 aliphatic rings. The van der Waals surface area contributed by atoms with Crippen LogP contribution in [0.1, 0.15) is 18.4 Å². The summed E-state index contributed by atoms with van der Waals surface area (Å²) in [5, 5.41) is 10.6. The molecule has 1 aromatic rings. The van der Waals surface area contributed by atoms with Gasteiger partial charge in [-0.3, -0.25) is 14.9 Å². The van der Waals surface area contributed by atoms with Crippen molar-refractivity contribution in [2.24, 2.45) is 0 Å². The van der Waals surface area contributed by atoms with Gasteiger partial charge in [-0.2, -0.15) is 4.39 Å². The lowest BCUT2D eigenvalue weighted by Crippen LogP contribution is -2.22. The van der Waals surface area contributed by atoms with Crippen molar-refractivity contribution in [1.82, 2.24) is 0 Å². The van der Waals surface area contributed by atoms with Gasteiger partial charge in [0.25, 0.3) is 0 Å². The average molecular weight is 239 g/mol. The molecule has 90 valence electrons. The van der Waals surface area contributed by atoms with E-state index in [1.807, 2.05) is 0 Å². The summed E-state index contributed by atoms with van der Waals surface area (Å²) in [4.78, 5) is 21.4. The highest BCUT2D eigenvalue weighted by molar-refractivity contribution is 5.86. The zero-order valence-corrected chi connectivity index (χ0v) is 9.10. The Morgan fingerprint density at radius 1 is 1.53 bits per heavy atom. The molecule has 0 atom stereocenters. The van der Waals surface area contributed by atoms with Crippen LogP contribution >= 0.6 is 0 Å².